The fourth-order valence-corrected chi connectivity index (χ4v) is 2.31. The van der Waals surface area contributed by atoms with E-state index < -0.39 is 7.26 Å². The van der Waals surface area contributed by atoms with Crippen LogP contribution in [0.25, 0.3) is 0 Å². The predicted molar refractivity (Wildman–Crippen MR) is 39.0 cm³/mol. The van der Waals surface area contributed by atoms with Crippen LogP contribution in [0, 0.1) is 0 Å². The molecule has 0 heterocycles. The van der Waals surface area contributed by atoms with Crippen molar-refractivity contribution in [1.82, 2.24) is 0 Å². The van der Waals surface area contributed by atoms with Gasteiger partial charge in [-0.1, -0.05) is 13.0 Å². The first-order valence-electron chi connectivity index (χ1n) is 2.88. The maximum atomic E-state index is 10.6. The van der Waals surface area contributed by atoms with E-state index in [9.17, 15) is 5.11 Å². The molecule has 0 aromatic heterocycles. The first kappa shape index (κ1) is 8.39. The minimum absolute atomic E-state index is 0.358. The van der Waals surface area contributed by atoms with E-state index in [2.05, 4.69) is 20.0 Å². The molecule has 1 nitrogen and oxygen atoms in total. The van der Waals surface area contributed by atoms with Gasteiger partial charge in [0, 0.05) is 33.4 Å². The van der Waals surface area contributed by atoms with Crippen LogP contribution in [0.5, 0.6) is 0 Å². The Morgan fingerprint density at radius 2 is 1.75 bits per heavy atom. The molecule has 0 rings (SSSR count). The van der Waals surface area contributed by atoms with Gasteiger partial charge in [-0.2, -0.15) is 0 Å². The Morgan fingerprint density at radius 3 is 1.75 bits per heavy atom. The quantitative estimate of drug-likeness (QED) is 0.508. The van der Waals surface area contributed by atoms with Crippen molar-refractivity contribution in [2.75, 3.05) is 26.2 Å². The van der Waals surface area contributed by atoms with E-state index in [1.807, 2.05) is 0 Å². The summed E-state index contributed by atoms with van der Waals surface area (Å²) in [7, 11) is -0.784. The summed E-state index contributed by atoms with van der Waals surface area (Å²) in [5.41, 5.74) is 0. The highest BCUT2D eigenvalue weighted by Crippen LogP contribution is 2.46. The minimum atomic E-state index is -0.784. The van der Waals surface area contributed by atoms with E-state index in [-0.39, 0.29) is 6.10 Å². The van der Waals surface area contributed by atoms with Crippen LogP contribution >= 0.6 is 7.26 Å². The molecule has 0 aliphatic rings. The molecular weight excluding hydrogens is 119 g/mol. The van der Waals surface area contributed by atoms with Gasteiger partial charge in [-0.05, 0) is 0 Å². The molecule has 0 aromatic carbocycles. The fraction of sp³-hybridized carbons (Fsp3) is 1.00. The van der Waals surface area contributed by atoms with E-state index >= 15 is 0 Å². The summed E-state index contributed by atoms with van der Waals surface area (Å²) in [4.78, 5) is 0. The molecule has 1 unspecified atom stereocenters. The Morgan fingerprint density at radius 1 is 1.38 bits per heavy atom. The monoisotopic (exact) mass is 134 g/mol. The number of hydrogen-bond donors (Lipinski definition) is 0. The van der Waals surface area contributed by atoms with Crippen LogP contribution in [0.15, 0.2) is 0 Å². The molecule has 0 aromatic rings. The molecule has 50 valence electrons. The molecule has 0 spiro atoms. The van der Waals surface area contributed by atoms with Gasteiger partial charge < -0.3 is 5.11 Å². The van der Waals surface area contributed by atoms with E-state index in [1.165, 1.54) is 0 Å². The lowest BCUT2D eigenvalue weighted by atomic mass is 10.5. The summed E-state index contributed by atoms with van der Waals surface area (Å²) in [5, 5.41) is 10.6. The SMILES string of the molecule is CC([O-])C[P+](C)(C)C. The van der Waals surface area contributed by atoms with Crippen LogP contribution in [0.4, 0.5) is 0 Å². The smallest absolute Gasteiger partial charge is 0.0483 e. The van der Waals surface area contributed by atoms with Gasteiger partial charge in [0.2, 0.25) is 0 Å². The van der Waals surface area contributed by atoms with Crippen molar-refractivity contribution in [3.8, 4) is 0 Å². The Kier molecular flexibility index (Phi) is 2.93. The second kappa shape index (κ2) is 2.80. The van der Waals surface area contributed by atoms with Crippen molar-refractivity contribution in [1.29, 1.82) is 0 Å². The maximum Gasteiger partial charge on any atom is 0.0483 e. The molecule has 0 saturated carbocycles. The zero-order chi connectivity index (χ0) is 6.78. The first-order chi connectivity index (χ1) is 3.42. The number of rotatable bonds is 2. The summed E-state index contributed by atoms with van der Waals surface area (Å²) in [6, 6.07) is 0. The van der Waals surface area contributed by atoms with Crippen LogP contribution < -0.4 is 5.11 Å². The topological polar surface area (TPSA) is 23.1 Å². The molecule has 0 saturated heterocycles. The molecule has 0 aliphatic carbocycles. The second-order valence-corrected chi connectivity index (χ2v) is 8.23. The Balaban J connectivity index is 3.39. The van der Waals surface area contributed by atoms with Crippen molar-refractivity contribution in [2.45, 2.75) is 13.0 Å². The van der Waals surface area contributed by atoms with Crippen LogP contribution in [0.1, 0.15) is 6.92 Å². The Labute approximate surface area is 52.4 Å². The molecule has 1 atom stereocenters. The molecule has 0 fully saturated rings. The Hall–Kier alpha value is 0.390. The summed E-state index contributed by atoms with van der Waals surface area (Å²) >= 11 is 0. The maximum absolute atomic E-state index is 10.6. The Bertz CT molecular complexity index is 63.4. The minimum Gasteiger partial charge on any atom is -0.850 e. The van der Waals surface area contributed by atoms with Crippen LogP contribution in [-0.4, -0.2) is 32.3 Å². The molecule has 0 N–H and O–H groups in total. The van der Waals surface area contributed by atoms with Crippen molar-refractivity contribution in [2.24, 2.45) is 0 Å². The van der Waals surface area contributed by atoms with Gasteiger partial charge >= 0.3 is 0 Å². The van der Waals surface area contributed by atoms with Gasteiger partial charge in [-0.15, -0.1) is 0 Å². The summed E-state index contributed by atoms with van der Waals surface area (Å²) < 4.78 is 0. The fourth-order valence-electron chi connectivity index (χ4n) is 0.771. The summed E-state index contributed by atoms with van der Waals surface area (Å²) in [5.74, 6) is 0. The third-order valence-electron chi connectivity index (χ3n) is 0.805. The first-order valence-corrected chi connectivity index (χ1v) is 6.19. The second-order valence-electron chi connectivity index (χ2n) is 3.28. The van der Waals surface area contributed by atoms with E-state index in [1.54, 1.807) is 6.92 Å². The van der Waals surface area contributed by atoms with Gasteiger partial charge in [-0.3, -0.25) is 0 Å². The highest BCUT2D eigenvalue weighted by Gasteiger charge is 2.15. The molecule has 8 heavy (non-hydrogen) atoms. The summed E-state index contributed by atoms with van der Waals surface area (Å²) in [6.07, 6.45) is 0.524. The molecular formula is C6H15OP. The zero-order valence-corrected chi connectivity index (χ0v) is 7.03. The van der Waals surface area contributed by atoms with Crippen molar-refractivity contribution < 1.29 is 5.11 Å². The van der Waals surface area contributed by atoms with Crippen LogP contribution in [0.3, 0.4) is 0 Å². The average Bonchev–Trinajstić information content (AvgIpc) is 1.21. The highest BCUT2D eigenvalue weighted by molar-refractivity contribution is 7.73. The van der Waals surface area contributed by atoms with E-state index in [0.717, 1.165) is 6.16 Å². The highest BCUT2D eigenvalue weighted by atomic mass is 31.2. The van der Waals surface area contributed by atoms with Crippen molar-refractivity contribution in [3.05, 3.63) is 0 Å². The number of hydrogen-bond acceptors (Lipinski definition) is 1. The lowest BCUT2D eigenvalue weighted by Gasteiger charge is -2.20. The third-order valence-corrected chi connectivity index (χ3v) is 2.41. The largest absolute Gasteiger partial charge is 0.850 e. The molecule has 0 radical (unpaired) electrons. The normalized spacial score (nSPS) is 16.1. The third kappa shape index (κ3) is 6.39. The van der Waals surface area contributed by atoms with Gasteiger partial charge in [0.25, 0.3) is 0 Å². The van der Waals surface area contributed by atoms with E-state index in [4.69, 9.17) is 0 Å². The standard InChI is InChI=1S/C6H15OP/c1-6(7)5-8(2,3)4/h6H,5H2,1-4H3. The lowest BCUT2D eigenvalue weighted by Crippen LogP contribution is -2.25. The molecule has 2 heteroatoms. The van der Waals surface area contributed by atoms with Crippen molar-refractivity contribution in [3.63, 3.8) is 0 Å². The van der Waals surface area contributed by atoms with Crippen molar-refractivity contribution >= 4 is 7.26 Å². The predicted octanol–water partition coefficient (Wildman–Crippen LogP) is 0.642. The average molecular weight is 134 g/mol. The van der Waals surface area contributed by atoms with Gasteiger partial charge in [0.1, 0.15) is 0 Å². The van der Waals surface area contributed by atoms with Gasteiger partial charge in [0.05, 0.1) is 0 Å². The zero-order valence-electron chi connectivity index (χ0n) is 6.14. The molecule has 0 aliphatic heterocycles. The van der Waals surface area contributed by atoms with Crippen LogP contribution in [-0.2, 0) is 0 Å². The lowest BCUT2D eigenvalue weighted by molar-refractivity contribution is -0.406. The van der Waals surface area contributed by atoms with Gasteiger partial charge in [-0.25, -0.2) is 0 Å². The molecule has 0 amide bonds. The van der Waals surface area contributed by atoms with Gasteiger partial charge in [0.15, 0.2) is 0 Å². The molecule has 0 bridgehead atoms. The van der Waals surface area contributed by atoms with Crippen LogP contribution in [0.2, 0.25) is 0 Å². The van der Waals surface area contributed by atoms with E-state index in [0.29, 0.717) is 0 Å². The summed E-state index contributed by atoms with van der Waals surface area (Å²) in [6.45, 7) is 8.33.